The highest BCUT2D eigenvalue weighted by atomic mass is 32.2. The molecule has 2 aliphatic rings. The Bertz CT molecular complexity index is 654. The first-order valence-corrected chi connectivity index (χ1v) is 9.06. The zero-order chi connectivity index (χ0) is 15.2. The maximum absolute atomic E-state index is 12.7. The van der Waals surface area contributed by atoms with E-state index in [1.165, 1.54) is 19.3 Å². The normalized spacial score (nSPS) is 28.0. The Labute approximate surface area is 126 Å². The largest absolute Gasteiger partial charge is 0.496 e. The number of aryl methyl sites for hydroxylation is 2. The van der Waals surface area contributed by atoms with Crippen LogP contribution in [0.5, 0.6) is 5.75 Å². The lowest BCUT2D eigenvalue weighted by Gasteiger charge is -2.23. The van der Waals surface area contributed by atoms with E-state index < -0.39 is 10.0 Å². The van der Waals surface area contributed by atoms with Crippen LogP contribution < -0.4 is 9.46 Å². The first-order chi connectivity index (χ1) is 9.90. The van der Waals surface area contributed by atoms with Gasteiger partial charge in [-0.2, -0.15) is 0 Å². The first kappa shape index (κ1) is 14.9. The lowest BCUT2D eigenvalue weighted by molar-refractivity contribution is 0.390. The van der Waals surface area contributed by atoms with Crippen LogP contribution in [0.4, 0.5) is 0 Å². The van der Waals surface area contributed by atoms with E-state index in [2.05, 4.69) is 4.72 Å². The van der Waals surface area contributed by atoms with Crippen molar-refractivity contribution in [1.29, 1.82) is 0 Å². The van der Waals surface area contributed by atoms with Crippen molar-refractivity contribution in [2.75, 3.05) is 7.11 Å². The molecule has 21 heavy (non-hydrogen) atoms. The summed E-state index contributed by atoms with van der Waals surface area (Å²) < 4.78 is 33.6. The smallest absolute Gasteiger partial charge is 0.241 e. The monoisotopic (exact) mass is 309 g/mol. The second-order valence-corrected chi connectivity index (χ2v) is 8.17. The van der Waals surface area contributed by atoms with Gasteiger partial charge >= 0.3 is 0 Å². The molecule has 2 fully saturated rings. The summed E-state index contributed by atoms with van der Waals surface area (Å²) in [4.78, 5) is 0.378. The van der Waals surface area contributed by atoms with Gasteiger partial charge in [-0.1, -0.05) is 6.42 Å². The van der Waals surface area contributed by atoms with Gasteiger partial charge in [0.25, 0.3) is 0 Å². The first-order valence-electron chi connectivity index (χ1n) is 7.58. The van der Waals surface area contributed by atoms with E-state index in [4.69, 9.17) is 4.74 Å². The zero-order valence-corrected chi connectivity index (χ0v) is 13.7. The Balaban J connectivity index is 1.86. The van der Waals surface area contributed by atoms with E-state index in [0.717, 1.165) is 29.2 Å². The summed E-state index contributed by atoms with van der Waals surface area (Å²) in [5.74, 6) is 1.98. The molecule has 2 saturated carbocycles. The molecule has 0 unspecified atom stereocenters. The van der Waals surface area contributed by atoms with Gasteiger partial charge in [0, 0.05) is 6.04 Å². The number of benzene rings is 1. The molecule has 2 bridgehead atoms. The van der Waals surface area contributed by atoms with Gasteiger partial charge in [-0.3, -0.25) is 0 Å². The second kappa shape index (κ2) is 5.29. The van der Waals surface area contributed by atoms with Crippen LogP contribution >= 0.6 is 0 Å². The van der Waals surface area contributed by atoms with Crippen LogP contribution in [0, 0.1) is 25.7 Å². The van der Waals surface area contributed by atoms with E-state index >= 15 is 0 Å². The topological polar surface area (TPSA) is 55.4 Å². The average Bonchev–Trinajstić information content (AvgIpc) is 3.02. The Morgan fingerprint density at radius 1 is 1.14 bits per heavy atom. The lowest BCUT2D eigenvalue weighted by Crippen LogP contribution is -2.38. The molecule has 0 spiro atoms. The summed E-state index contributed by atoms with van der Waals surface area (Å²) in [7, 11) is -1.85. The number of hydrogen-bond donors (Lipinski definition) is 1. The SMILES string of the molecule is COc1cc(C)c(S(=O)(=O)N[C@H]2C[C@H]3CC[C@H]2C3)cc1C. The number of fused-ring (bicyclic) bond motifs is 2. The van der Waals surface area contributed by atoms with Crippen LogP contribution in [-0.4, -0.2) is 21.6 Å². The van der Waals surface area contributed by atoms with Crippen LogP contribution in [0.15, 0.2) is 17.0 Å². The molecule has 3 rings (SSSR count). The minimum atomic E-state index is -3.45. The molecule has 0 radical (unpaired) electrons. The summed E-state index contributed by atoms with van der Waals surface area (Å²) in [5, 5.41) is 0. The molecular weight excluding hydrogens is 286 g/mol. The summed E-state index contributed by atoms with van der Waals surface area (Å²) in [6.07, 6.45) is 4.62. The molecule has 1 aromatic carbocycles. The van der Waals surface area contributed by atoms with Gasteiger partial charge in [0.05, 0.1) is 12.0 Å². The van der Waals surface area contributed by atoms with Gasteiger partial charge in [0.1, 0.15) is 5.75 Å². The van der Waals surface area contributed by atoms with Crippen molar-refractivity contribution in [3.05, 3.63) is 23.3 Å². The van der Waals surface area contributed by atoms with Crippen molar-refractivity contribution in [3.63, 3.8) is 0 Å². The van der Waals surface area contributed by atoms with Gasteiger partial charge in [-0.05, 0) is 68.2 Å². The van der Waals surface area contributed by atoms with Gasteiger partial charge in [-0.15, -0.1) is 0 Å². The fourth-order valence-electron chi connectivity index (χ4n) is 3.92. The predicted molar refractivity (Wildman–Crippen MR) is 82.0 cm³/mol. The van der Waals surface area contributed by atoms with Gasteiger partial charge in [-0.25, -0.2) is 13.1 Å². The highest BCUT2D eigenvalue weighted by Crippen LogP contribution is 2.45. The zero-order valence-electron chi connectivity index (χ0n) is 12.8. The van der Waals surface area contributed by atoms with E-state index in [9.17, 15) is 8.42 Å². The van der Waals surface area contributed by atoms with Crippen molar-refractivity contribution < 1.29 is 13.2 Å². The van der Waals surface area contributed by atoms with Crippen LogP contribution in [0.25, 0.3) is 0 Å². The number of sulfonamides is 1. The molecular formula is C16H23NO3S. The standard InChI is InChI=1S/C16H23NO3S/c1-10-7-16(11(2)6-15(10)20-3)21(18,19)17-14-9-12-4-5-13(14)8-12/h6-7,12-14,17H,4-5,8-9H2,1-3H3/t12-,13-,14-/m0/s1. The van der Waals surface area contributed by atoms with Gasteiger partial charge < -0.3 is 4.74 Å². The second-order valence-electron chi connectivity index (χ2n) is 6.49. The molecule has 0 amide bonds. The minimum Gasteiger partial charge on any atom is -0.496 e. The Kier molecular flexibility index (Phi) is 3.74. The average molecular weight is 309 g/mol. The molecule has 4 nitrogen and oxygen atoms in total. The lowest BCUT2D eigenvalue weighted by atomic mass is 9.96. The molecule has 1 N–H and O–H groups in total. The van der Waals surface area contributed by atoms with Crippen LogP contribution in [0.2, 0.25) is 0 Å². The summed E-state index contributed by atoms with van der Waals surface area (Å²) in [6.45, 7) is 3.69. The molecule has 0 saturated heterocycles. The Morgan fingerprint density at radius 3 is 2.48 bits per heavy atom. The van der Waals surface area contributed by atoms with Crippen molar-refractivity contribution in [2.45, 2.75) is 50.5 Å². The third-order valence-electron chi connectivity index (χ3n) is 5.03. The van der Waals surface area contributed by atoms with Crippen LogP contribution in [0.1, 0.15) is 36.8 Å². The van der Waals surface area contributed by atoms with Crippen molar-refractivity contribution >= 4 is 10.0 Å². The van der Waals surface area contributed by atoms with E-state index in [1.807, 2.05) is 13.8 Å². The van der Waals surface area contributed by atoms with Crippen molar-refractivity contribution in [2.24, 2.45) is 11.8 Å². The van der Waals surface area contributed by atoms with Crippen molar-refractivity contribution in [3.8, 4) is 5.75 Å². The quantitative estimate of drug-likeness (QED) is 0.930. The van der Waals surface area contributed by atoms with Crippen molar-refractivity contribution in [1.82, 2.24) is 4.72 Å². The van der Waals surface area contributed by atoms with E-state index in [-0.39, 0.29) is 6.04 Å². The molecule has 0 aliphatic heterocycles. The number of nitrogens with one attached hydrogen (secondary N) is 1. The minimum absolute atomic E-state index is 0.121. The fourth-order valence-corrected chi connectivity index (χ4v) is 5.55. The number of methoxy groups -OCH3 is 1. The van der Waals surface area contributed by atoms with E-state index in [0.29, 0.717) is 10.8 Å². The van der Waals surface area contributed by atoms with Gasteiger partial charge in [0.2, 0.25) is 10.0 Å². The molecule has 0 heterocycles. The Hall–Kier alpha value is -1.07. The third kappa shape index (κ3) is 2.69. The number of hydrogen-bond acceptors (Lipinski definition) is 3. The third-order valence-corrected chi connectivity index (χ3v) is 6.66. The molecule has 2 aliphatic carbocycles. The highest BCUT2D eigenvalue weighted by Gasteiger charge is 2.41. The number of ether oxygens (including phenoxy) is 1. The Morgan fingerprint density at radius 2 is 1.90 bits per heavy atom. The summed E-state index contributed by atoms with van der Waals surface area (Å²) in [6, 6.07) is 3.63. The maximum atomic E-state index is 12.7. The van der Waals surface area contributed by atoms with Crippen LogP contribution in [-0.2, 0) is 10.0 Å². The molecule has 5 heteroatoms. The molecule has 0 aromatic heterocycles. The maximum Gasteiger partial charge on any atom is 0.241 e. The van der Waals surface area contributed by atoms with E-state index in [1.54, 1.807) is 19.2 Å². The fraction of sp³-hybridized carbons (Fsp3) is 0.625. The van der Waals surface area contributed by atoms with Gasteiger partial charge in [0.15, 0.2) is 0 Å². The molecule has 3 atom stereocenters. The number of rotatable bonds is 4. The predicted octanol–water partition coefficient (Wildman–Crippen LogP) is 2.78. The van der Waals surface area contributed by atoms with Crippen LogP contribution in [0.3, 0.4) is 0 Å². The summed E-state index contributed by atoms with van der Waals surface area (Å²) >= 11 is 0. The summed E-state index contributed by atoms with van der Waals surface area (Å²) in [5.41, 5.74) is 1.57. The highest BCUT2D eigenvalue weighted by molar-refractivity contribution is 7.89. The molecule has 1 aromatic rings. The molecule has 116 valence electrons.